The maximum Gasteiger partial charge on any atom is 0.231 e. The Hall–Kier alpha value is -2.08. The van der Waals surface area contributed by atoms with Crippen LogP contribution in [0, 0.1) is 0 Å². The van der Waals surface area contributed by atoms with Gasteiger partial charge in [-0.1, -0.05) is 6.07 Å². The van der Waals surface area contributed by atoms with E-state index < -0.39 is 0 Å². The van der Waals surface area contributed by atoms with E-state index in [4.69, 9.17) is 9.47 Å². The monoisotopic (exact) mass is 344 g/mol. The summed E-state index contributed by atoms with van der Waals surface area (Å²) < 4.78 is 10.7. The molecule has 1 aromatic carbocycles. The number of nitrogens with zero attached hydrogens (tertiary/aromatic N) is 2. The van der Waals surface area contributed by atoms with Crippen LogP contribution in [-0.4, -0.2) is 29.1 Å². The number of hydrogen-bond donors (Lipinski definition) is 0. The van der Waals surface area contributed by atoms with Gasteiger partial charge in [0.1, 0.15) is 5.01 Å². The van der Waals surface area contributed by atoms with Crippen molar-refractivity contribution in [2.45, 2.75) is 38.1 Å². The first kappa shape index (κ1) is 15.4. The number of thiazole rings is 1. The van der Waals surface area contributed by atoms with Gasteiger partial charge >= 0.3 is 0 Å². The van der Waals surface area contributed by atoms with Gasteiger partial charge in [0.2, 0.25) is 12.7 Å². The number of ether oxygens (including phenoxy) is 2. The zero-order valence-electron chi connectivity index (χ0n) is 13.4. The maximum atomic E-state index is 12.8. The van der Waals surface area contributed by atoms with E-state index in [0.717, 1.165) is 54.3 Å². The number of carbonyl (C=O) groups excluding carboxylic acids is 1. The molecule has 24 heavy (non-hydrogen) atoms. The molecular formula is C18H20N2O3S. The molecule has 0 N–H and O–H groups in total. The van der Waals surface area contributed by atoms with Crippen molar-refractivity contribution < 1.29 is 14.3 Å². The summed E-state index contributed by atoms with van der Waals surface area (Å²) in [6.45, 7) is 1.12. The number of aromatic nitrogens is 1. The number of hydrogen-bond acceptors (Lipinski definition) is 5. The van der Waals surface area contributed by atoms with Crippen LogP contribution in [0.2, 0.25) is 0 Å². The van der Waals surface area contributed by atoms with Crippen molar-refractivity contribution in [2.24, 2.45) is 0 Å². The Morgan fingerprint density at radius 3 is 3.08 bits per heavy atom. The summed E-state index contributed by atoms with van der Waals surface area (Å²) in [6, 6.07) is 6.06. The highest BCUT2D eigenvalue weighted by Crippen LogP contribution is 2.34. The predicted molar refractivity (Wildman–Crippen MR) is 91.3 cm³/mol. The first-order valence-corrected chi connectivity index (χ1v) is 9.26. The fourth-order valence-corrected chi connectivity index (χ4v) is 4.16. The molecule has 2 aromatic rings. The van der Waals surface area contributed by atoms with Crippen molar-refractivity contribution >= 4 is 17.2 Å². The lowest BCUT2D eigenvalue weighted by molar-refractivity contribution is -0.135. The van der Waals surface area contributed by atoms with Gasteiger partial charge in [0.05, 0.1) is 6.04 Å². The molecule has 1 fully saturated rings. The number of benzene rings is 1. The molecule has 0 radical (unpaired) electrons. The van der Waals surface area contributed by atoms with E-state index in [1.807, 2.05) is 34.7 Å². The molecule has 2 aliphatic heterocycles. The summed E-state index contributed by atoms with van der Waals surface area (Å²) in [5.74, 6) is 1.77. The first-order chi connectivity index (χ1) is 11.8. The minimum Gasteiger partial charge on any atom is -0.454 e. The van der Waals surface area contributed by atoms with Gasteiger partial charge in [0.15, 0.2) is 11.5 Å². The minimum absolute atomic E-state index is 0.156. The molecule has 1 amide bonds. The molecule has 2 aliphatic rings. The smallest absolute Gasteiger partial charge is 0.231 e. The standard InChI is InChI=1S/C18H20N2O3S/c21-17(7-5-13-4-6-15-16(11-13)23-12-22-15)20-9-2-1-3-14(20)18-19-8-10-24-18/h4,6,8,10-11,14H,1-3,5,7,9,12H2/t14-/m0/s1. The van der Waals surface area contributed by atoms with Crippen LogP contribution in [0.25, 0.3) is 0 Å². The van der Waals surface area contributed by atoms with Crippen LogP contribution in [0.15, 0.2) is 29.8 Å². The molecule has 1 aromatic heterocycles. The average Bonchev–Trinajstić information content (AvgIpc) is 3.30. The van der Waals surface area contributed by atoms with E-state index in [2.05, 4.69) is 4.98 Å². The number of amides is 1. The first-order valence-electron chi connectivity index (χ1n) is 8.38. The fraction of sp³-hybridized carbons (Fsp3) is 0.444. The summed E-state index contributed by atoms with van der Waals surface area (Å²) in [4.78, 5) is 19.2. The van der Waals surface area contributed by atoms with Crippen molar-refractivity contribution in [3.8, 4) is 11.5 Å². The summed E-state index contributed by atoms with van der Waals surface area (Å²) in [5.41, 5.74) is 1.11. The van der Waals surface area contributed by atoms with Gasteiger partial charge in [-0.25, -0.2) is 4.98 Å². The third kappa shape index (κ3) is 3.11. The van der Waals surface area contributed by atoms with E-state index in [-0.39, 0.29) is 18.7 Å². The van der Waals surface area contributed by atoms with Gasteiger partial charge in [-0.15, -0.1) is 11.3 Å². The highest BCUT2D eigenvalue weighted by molar-refractivity contribution is 7.09. The minimum atomic E-state index is 0.156. The Bertz CT molecular complexity index is 717. The van der Waals surface area contributed by atoms with E-state index in [0.29, 0.717) is 6.42 Å². The number of rotatable bonds is 4. The van der Waals surface area contributed by atoms with Crippen molar-refractivity contribution in [3.05, 3.63) is 40.3 Å². The molecule has 0 unspecified atom stereocenters. The second-order valence-corrected chi connectivity index (χ2v) is 7.08. The fourth-order valence-electron chi connectivity index (χ4n) is 3.38. The highest BCUT2D eigenvalue weighted by Gasteiger charge is 2.29. The topological polar surface area (TPSA) is 51.7 Å². The number of aryl methyl sites for hydroxylation is 1. The largest absolute Gasteiger partial charge is 0.454 e. The van der Waals surface area contributed by atoms with E-state index in [1.165, 1.54) is 0 Å². The van der Waals surface area contributed by atoms with E-state index >= 15 is 0 Å². The Kier molecular flexibility index (Phi) is 4.38. The van der Waals surface area contributed by atoms with Crippen LogP contribution >= 0.6 is 11.3 Å². The third-order valence-corrected chi connectivity index (χ3v) is 5.50. The molecule has 0 spiro atoms. The molecule has 1 saturated heterocycles. The number of likely N-dealkylation sites (tertiary alicyclic amines) is 1. The average molecular weight is 344 g/mol. The zero-order chi connectivity index (χ0) is 16.4. The van der Waals surface area contributed by atoms with Gasteiger partial charge < -0.3 is 14.4 Å². The predicted octanol–water partition coefficient (Wildman–Crippen LogP) is 3.56. The Labute approximate surface area is 145 Å². The Balaban J connectivity index is 1.41. The van der Waals surface area contributed by atoms with Crippen LogP contribution in [0.1, 0.15) is 42.3 Å². The summed E-state index contributed by atoms with van der Waals surface area (Å²) in [6.07, 6.45) is 6.32. The molecule has 1 atom stereocenters. The lowest BCUT2D eigenvalue weighted by atomic mass is 10.0. The summed E-state index contributed by atoms with van der Waals surface area (Å²) in [5, 5.41) is 3.05. The van der Waals surface area contributed by atoms with Crippen LogP contribution < -0.4 is 9.47 Å². The van der Waals surface area contributed by atoms with Gasteiger partial charge in [0.25, 0.3) is 0 Å². The van der Waals surface area contributed by atoms with Gasteiger partial charge in [-0.2, -0.15) is 0 Å². The van der Waals surface area contributed by atoms with Crippen molar-refractivity contribution in [3.63, 3.8) is 0 Å². The van der Waals surface area contributed by atoms with E-state index in [9.17, 15) is 4.79 Å². The quantitative estimate of drug-likeness (QED) is 0.851. The summed E-state index contributed by atoms with van der Waals surface area (Å²) >= 11 is 1.64. The highest BCUT2D eigenvalue weighted by atomic mass is 32.1. The van der Waals surface area contributed by atoms with Gasteiger partial charge in [-0.05, 0) is 43.4 Å². The lowest BCUT2D eigenvalue weighted by Gasteiger charge is -2.34. The lowest BCUT2D eigenvalue weighted by Crippen LogP contribution is -2.38. The number of carbonyl (C=O) groups is 1. The van der Waals surface area contributed by atoms with Crippen molar-refractivity contribution in [2.75, 3.05) is 13.3 Å². The van der Waals surface area contributed by atoms with Crippen LogP contribution in [0.4, 0.5) is 0 Å². The second-order valence-electron chi connectivity index (χ2n) is 6.16. The van der Waals surface area contributed by atoms with Crippen molar-refractivity contribution in [1.82, 2.24) is 9.88 Å². The zero-order valence-corrected chi connectivity index (χ0v) is 14.3. The van der Waals surface area contributed by atoms with E-state index in [1.54, 1.807) is 11.3 Å². The summed E-state index contributed by atoms with van der Waals surface area (Å²) in [7, 11) is 0. The molecule has 0 saturated carbocycles. The molecular weight excluding hydrogens is 324 g/mol. The molecule has 0 aliphatic carbocycles. The van der Waals surface area contributed by atoms with Crippen LogP contribution in [-0.2, 0) is 11.2 Å². The Morgan fingerprint density at radius 2 is 2.21 bits per heavy atom. The SMILES string of the molecule is O=C(CCc1ccc2c(c1)OCO2)N1CCCC[C@H]1c1nccs1. The van der Waals surface area contributed by atoms with Crippen LogP contribution in [0.5, 0.6) is 11.5 Å². The molecule has 4 rings (SSSR count). The number of fused-ring (bicyclic) bond motifs is 1. The molecule has 0 bridgehead atoms. The number of piperidine rings is 1. The van der Waals surface area contributed by atoms with Gasteiger partial charge in [-0.3, -0.25) is 4.79 Å². The normalized spacial score (nSPS) is 19.5. The second kappa shape index (κ2) is 6.81. The molecule has 5 nitrogen and oxygen atoms in total. The maximum absolute atomic E-state index is 12.8. The van der Waals surface area contributed by atoms with Gasteiger partial charge in [0, 0.05) is 24.5 Å². The molecule has 3 heterocycles. The molecule has 126 valence electrons. The Morgan fingerprint density at radius 1 is 1.29 bits per heavy atom. The third-order valence-electron chi connectivity index (χ3n) is 4.62. The van der Waals surface area contributed by atoms with Crippen molar-refractivity contribution in [1.29, 1.82) is 0 Å². The molecule has 6 heteroatoms. The van der Waals surface area contributed by atoms with Crippen LogP contribution in [0.3, 0.4) is 0 Å².